The van der Waals surface area contributed by atoms with Gasteiger partial charge in [-0.05, 0) is 34.5 Å². The van der Waals surface area contributed by atoms with Gasteiger partial charge < -0.3 is 10.1 Å². The van der Waals surface area contributed by atoms with Gasteiger partial charge in [0, 0.05) is 13.6 Å². The number of aryl methyl sites for hydroxylation is 1. The molecule has 0 aliphatic heterocycles. The third kappa shape index (κ3) is 4.75. The van der Waals surface area contributed by atoms with E-state index in [1.54, 1.807) is 14.2 Å². The molecule has 2 aromatic rings. The van der Waals surface area contributed by atoms with E-state index in [1.165, 1.54) is 16.4 Å². The highest BCUT2D eigenvalue weighted by Gasteiger charge is 2.07. The van der Waals surface area contributed by atoms with Gasteiger partial charge in [0.15, 0.2) is 0 Å². The van der Waals surface area contributed by atoms with Gasteiger partial charge in [0.25, 0.3) is 0 Å². The first-order valence-electron chi connectivity index (χ1n) is 6.44. The standard InChI is InChI=1S/C13H17N5O2S/c1-18-13(15-16-17-18)21-9-12(19)14-8-7-10-3-5-11(20-2)6-4-10/h3-6H,7-9H2,1-2H3,(H,14,19). The lowest BCUT2D eigenvalue weighted by Crippen LogP contribution is -2.27. The molecule has 8 heteroatoms. The van der Waals surface area contributed by atoms with Crippen LogP contribution in [0.2, 0.25) is 0 Å². The summed E-state index contributed by atoms with van der Waals surface area (Å²) in [7, 11) is 3.38. The number of aromatic nitrogens is 4. The zero-order valence-electron chi connectivity index (χ0n) is 11.9. The van der Waals surface area contributed by atoms with E-state index in [2.05, 4.69) is 20.8 Å². The van der Waals surface area contributed by atoms with Crippen molar-refractivity contribution < 1.29 is 9.53 Å². The molecule has 0 bridgehead atoms. The Balaban J connectivity index is 1.68. The van der Waals surface area contributed by atoms with Crippen molar-refractivity contribution in [2.45, 2.75) is 11.6 Å². The number of amides is 1. The van der Waals surface area contributed by atoms with Crippen LogP contribution < -0.4 is 10.1 Å². The second-order valence-electron chi connectivity index (χ2n) is 4.32. The van der Waals surface area contributed by atoms with E-state index in [0.29, 0.717) is 17.5 Å². The molecular weight excluding hydrogens is 290 g/mol. The maximum absolute atomic E-state index is 11.7. The van der Waals surface area contributed by atoms with Crippen molar-refractivity contribution in [2.75, 3.05) is 19.4 Å². The minimum absolute atomic E-state index is 0.0310. The van der Waals surface area contributed by atoms with E-state index in [4.69, 9.17) is 4.74 Å². The molecule has 1 aromatic carbocycles. The van der Waals surface area contributed by atoms with Crippen LogP contribution in [0.4, 0.5) is 0 Å². The van der Waals surface area contributed by atoms with Gasteiger partial charge in [-0.15, -0.1) is 5.10 Å². The lowest BCUT2D eigenvalue weighted by atomic mass is 10.1. The minimum Gasteiger partial charge on any atom is -0.497 e. The highest BCUT2D eigenvalue weighted by atomic mass is 32.2. The SMILES string of the molecule is COc1ccc(CCNC(=O)CSc2nnnn2C)cc1. The molecule has 21 heavy (non-hydrogen) atoms. The third-order valence-corrected chi connectivity index (χ3v) is 3.82. The normalized spacial score (nSPS) is 10.4. The molecular formula is C13H17N5O2S. The summed E-state index contributed by atoms with van der Waals surface area (Å²) in [6.07, 6.45) is 0.784. The fourth-order valence-electron chi connectivity index (χ4n) is 1.66. The number of rotatable bonds is 7. The fourth-order valence-corrected chi connectivity index (χ4v) is 2.34. The first-order valence-corrected chi connectivity index (χ1v) is 7.42. The van der Waals surface area contributed by atoms with E-state index < -0.39 is 0 Å². The summed E-state index contributed by atoms with van der Waals surface area (Å²) in [6.45, 7) is 0.600. The predicted octanol–water partition coefficient (Wildman–Crippen LogP) is 0.670. The van der Waals surface area contributed by atoms with Crippen molar-refractivity contribution in [3.63, 3.8) is 0 Å². The van der Waals surface area contributed by atoms with Crippen molar-refractivity contribution >= 4 is 17.7 Å². The molecule has 1 amide bonds. The molecule has 0 fully saturated rings. The fraction of sp³-hybridized carbons (Fsp3) is 0.385. The number of hydrogen-bond donors (Lipinski definition) is 1. The van der Waals surface area contributed by atoms with Crippen LogP contribution in [-0.2, 0) is 18.3 Å². The molecule has 0 saturated carbocycles. The van der Waals surface area contributed by atoms with Crippen LogP contribution in [0.15, 0.2) is 29.4 Å². The van der Waals surface area contributed by atoms with Gasteiger partial charge in [-0.25, -0.2) is 4.68 Å². The maximum atomic E-state index is 11.7. The van der Waals surface area contributed by atoms with Crippen LogP contribution in [0.1, 0.15) is 5.56 Å². The molecule has 0 aliphatic carbocycles. The average Bonchev–Trinajstić information content (AvgIpc) is 2.91. The highest BCUT2D eigenvalue weighted by molar-refractivity contribution is 7.99. The average molecular weight is 307 g/mol. The molecule has 0 spiro atoms. The smallest absolute Gasteiger partial charge is 0.230 e. The van der Waals surface area contributed by atoms with Crippen LogP contribution >= 0.6 is 11.8 Å². The number of nitrogens with zero attached hydrogens (tertiary/aromatic N) is 4. The summed E-state index contributed by atoms with van der Waals surface area (Å²) < 4.78 is 6.64. The zero-order chi connectivity index (χ0) is 15.1. The maximum Gasteiger partial charge on any atom is 0.230 e. The first kappa shape index (κ1) is 15.3. The Hall–Kier alpha value is -2.09. The molecule has 1 N–H and O–H groups in total. The Morgan fingerprint density at radius 1 is 1.38 bits per heavy atom. The molecule has 0 unspecified atom stereocenters. The number of ether oxygens (including phenoxy) is 1. The Bertz CT molecular complexity index is 585. The van der Waals surface area contributed by atoms with E-state index in [1.807, 2.05) is 24.3 Å². The molecule has 1 heterocycles. The van der Waals surface area contributed by atoms with Crippen molar-refractivity contribution in [1.29, 1.82) is 0 Å². The molecule has 0 radical (unpaired) electrons. The van der Waals surface area contributed by atoms with Gasteiger partial charge in [-0.1, -0.05) is 23.9 Å². The lowest BCUT2D eigenvalue weighted by Gasteiger charge is -2.06. The van der Waals surface area contributed by atoms with E-state index in [-0.39, 0.29) is 5.91 Å². The Labute approximate surface area is 127 Å². The Kier molecular flexibility index (Phi) is 5.56. The van der Waals surface area contributed by atoms with Crippen LogP contribution in [-0.4, -0.2) is 45.5 Å². The van der Waals surface area contributed by atoms with Crippen molar-refractivity contribution in [2.24, 2.45) is 7.05 Å². The number of nitrogens with one attached hydrogen (secondary N) is 1. The van der Waals surface area contributed by atoms with Crippen molar-refractivity contribution in [3.8, 4) is 5.75 Å². The highest BCUT2D eigenvalue weighted by Crippen LogP contribution is 2.12. The van der Waals surface area contributed by atoms with E-state index in [0.717, 1.165) is 17.7 Å². The number of methoxy groups -OCH3 is 1. The zero-order valence-corrected chi connectivity index (χ0v) is 12.8. The molecule has 0 saturated heterocycles. The first-order chi connectivity index (χ1) is 10.2. The molecule has 0 aliphatic rings. The summed E-state index contributed by atoms with van der Waals surface area (Å²) in [4.78, 5) is 11.7. The minimum atomic E-state index is -0.0310. The lowest BCUT2D eigenvalue weighted by molar-refractivity contribution is -0.118. The predicted molar refractivity (Wildman–Crippen MR) is 79.2 cm³/mol. The largest absolute Gasteiger partial charge is 0.497 e. The summed E-state index contributed by atoms with van der Waals surface area (Å²) >= 11 is 1.31. The monoisotopic (exact) mass is 307 g/mol. The van der Waals surface area contributed by atoms with Crippen LogP contribution in [0.5, 0.6) is 5.75 Å². The number of benzene rings is 1. The van der Waals surface area contributed by atoms with Gasteiger partial charge in [-0.2, -0.15) is 0 Å². The van der Waals surface area contributed by atoms with Crippen LogP contribution in [0, 0.1) is 0 Å². The number of hydrogen-bond acceptors (Lipinski definition) is 6. The summed E-state index contributed by atoms with van der Waals surface area (Å²) in [6, 6.07) is 7.80. The molecule has 112 valence electrons. The van der Waals surface area contributed by atoms with Gasteiger partial charge in [0.05, 0.1) is 12.9 Å². The van der Waals surface area contributed by atoms with E-state index >= 15 is 0 Å². The Morgan fingerprint density at radius 3 is 2.76 bits per heavy atom. The quantitative estimate of drug-likeness (QED) is 0.757. The third-order valence-electron chi connectivity index (χ3n) is 2.81. The Morgan fingerprint density at radius 2 is 2.14 bits per heavy atom. The second-order valence-corrected chi connectivity index (χ2v) is 5.26. The molecule has 0 atom stereocenters. The van der Waals surface area contributed by atoms with Crippen LogP contribution in [0.25, 0.3) is 0 Å². The number of carbonyl (C=O) groups excluding carboxylic acids is 1. The molecule has 7 nitrogen and oxygen atoms in total. The summed E-state index contributed by atoms with van der Waals surface area (Å²) in [5.74, 6) is 1.10. The molecule has 1 aromatic heterocycles. The van der Waals surface area contributed by atoms with E-state index in [9.17, 15) is 4.79 Å². The number of thioether (sulfide) groups is 1. The van der Waals surface area contributed by atoms with Crippen molar-refractivity contribution in [1.82, 2.24) is 25.5 Å². The summed E-state index contributed by atoms with van der Waals surface area (Å²) in [5.41, 5.74) is 1.15. The van der Waals surface area contributed by atoms with Crippen molar-refractivity contribution in [3.05, 3.63) is 29.8 Å². The number of tetrazole rings is 1. The van der Waals surface area contributed by atoms with Gasteiger partial charge in [0.2, 0.25) is 11.1 Å². The van der Waals surface area contributed by atoms with Crippen LogP contribution in [0.3, 0.4) is 0 Å². The summed E-state index contributed by atoms with van der Waals surface area (Å²) in [5, 5.41) is 14.5. The topological polar surface area (TPSA) is 81.9 Å². The number of carbonyl (C=O) groups is 1. The molecule has 2 rings (SSSR count). The van der Waals surface area contributed by atoms with Gasteiger partial charge in [0.1, 0.15) is 5.75 Å². The second kappa shape index (κ2) is 7.63. The van der Waals surface area contributed by atoms with Gasteiger partial charge >= 0.3 is 0 Å². The van der Waals surface area contributed by atoms with Gasteiger partial charge in [-0.3, -0.25) is 4.79 Å².